The molecule has 1 N–H and O–H groups in total. The summed E-state index contributed by atoms with van der Waals surface area (Å²) in [5.41, 5.74) is 4.89. The van der Waals surface area contributed by atoms with Crippen molar-refractivity contribution in [2.75, 3.05) is 23.1 Å². The van der Waals surface area contributed by atoms with Crippen LogP contribution < -0.4 is 15.0 Å². The number of ether oxygens (including phenoxy) is 2. The highest BCUT2D eigenvalue weighted by molar-refractivity contribution is 8.15. The predicted octanol–water partition coefficient (Wildman–Crippen LogP) is 7.64. The van der Waals surface area contributed by atoms with E-state index in [1.54, 1.807) is 19.2 Å². The lowest BCUT2D eigenvalue weighted by Crippen LogP contribution is -2.31. The monoisotopic (exact) mass is 652 g/mol. The second-order valence-corrected chi connectivity index (χ2v) is 11.7. The smallest absolute Gasteiger partial charge is 0.406 e. The van der Waals surface area contributed by atoms with Crippen LogP contribution in [0.25, 0.3) is 17.1 Å². The van der Waals surface area contributed by atoms with Crippen LogP contribution >= 0.6 is 11.8 Å². The summed E-state index contributed by atoms with van der Waals surface area (Å²) in [7, 11) is 1.59. The molecule has 2 heterocycles. The molecule has 1 aliphatic heterocycles. The van der Waals surface area contributed by atoms with E-state index in [-0.39, 0.29) is 34.6 Å². The Kier molecular flexibility index (Phi) is 9.49. The minimum atomic E-state index is -4.78. The lowest BCUT2D eigenvalue weighted by molar-refractivity contribution is -0.274. The summed E-state index contributed by atoms with van der Waals surface area (Å²) in [6.45, 7) is 7.76. The SMILES string of the molecule is COC(C)c1ccc(C)cc1N1C(=O)CS/C1=N\C(=O)Nc1ccc(-c2ncn(-c3ccc(OC(F)(F)F)cc3)n2)cc1C(C)C. The molecule has 1 aromatic heterocycles. The zero-order chi connectivity index (χ0) is 33.2. The van der Waals surface area contributed by atoms with Gasteiger partial charge in [0, 0.05) is 23.9 Å². The molecule has 0 saturated carbocycles. The van der Waals surface area contributed by atoms with Crippen molar-refractivity contribution < 1.29 is 32.2 Å². The number of amides is 3. The van der Waals surface area contributed by atoms with Gasteiger partial charge in [0.2, 0.25) is 5.91 Å². The molecule has 46 heavy (non-hydrogen) atoms. The first-order valence-corrected chi connectivity index (χ1v) is 15.2. The van der Waals surface area contributed by atoms with Gasteiger partial charge in [-0.05, 0) is 79.4 Å². The summed E-state index contributed by atoms with van der Waals surface area (Å²) < 4.78 is 48.3. The Bertz CT molecular complexity index is 1790. The second-order valence-electron chi connectivity index (χ2n) is 10.8. The molecule has 1 aliphatic rings. The highest BCUT2D eigenvalue weighted by Gasteiger charge is 2.33. The molecule has 3 aromatic carbocycles. The van der Waals surface area contributed by atoms with Crippen molar-refractivity contribution in [1.29, 1.82) is 0 Å². The number of amidine groups is 1. The van der Waals surface area contributed by atoms with Crippen LogP contribution in [-0.2, 0) is 9.53 Å². The van der Waals surface area contributed by atoms with Gasteiger partial charge in [0.05, 0.1) is 23.2 Å². The van der Waals surface area contributed by atoms with E-state index in [1.165, 1.54) is 51.9 Å². The number of aromatic nitrogens is 3. The quantitative estimate of drug-likeness (QED) is 0.208. The molecule has 3 amide bonds. The third-order valence-electron chi connectivity index (χ3n) is 7.18. The minimum Gasteiger partial charge on any atom is -0.406 e. The average Bonchev–Trinajstić information content (AvgIpc) is 3.63. The van der Waals surface area contributed by atoms with Crippen molar-refractivity contribution in [3.63, 3.8) is 0 Å². The zero-order valence-electron chi connectivity index (χ0n) is 25.6. The van der Waals surface area contributed by atoms with E-state index in [2.05, 4.69) is 25.1 Å². The molecule has 0 radical (unpaired) electrons. The molecule has 1 fully saturated rings. The van der Waals surface area contributed by atoms with Gasteiger partial charge in [-0.1, -0.05) is 37.7 Å². The fraction of sp³-hybridized carbons (Fsp3) is 0.281. The van der Waals surface area contributed by atoms with Gasteiger partial charge in [-0.25, -0.2) is 14.5 Å². The van der Waals surface area contributed by atoms with Crippen molar-refractivity contribution in [3.8, 4) is 22.8 Å². The first-order chi connectivity index (χ1) is 21.8. The van der Waals surface area contributed by atoms with Gasteiger partial charge in [0.25, 0.3) is 0 Å². The van der Waals surface area contributed by atoms with E-state index in [9.17, 15) is 22.8 Å². The Labute approximate surface area is 267 Å². The van der Waals surface area contributed by atoms with Crippen LogP contribution in [0.1, 0.15) is 49.5 Å². The van der Waals surface area contributed by atoms with Gasteiger partial charge in [-0.15, -0.1) is 18.3 Å². The van der Waals surface area contributed by atoms with Crippen LogP contribution in [0.5, 0.6) is 5.75 Å². The van der Waals surface area contributed by atoms with Crippen molar-refractivity contribution in [2.24, 2.45) is 4.99 Å². The lowest BCUT2D eigenvalue weighted by Gasteiger charge is -2.23. The molecule has 0 bridgehead atoms. The summed E-state index contributed by atoms with van der Waals surface area (Å²) >= 11 is 1.19. The summed E-state index contributed by atoms with van der Waals surface area (Å²) in [6.07, 6.45) is -3.61. The largest absolute Gasteiger partial charge is 0.573 e. The Hall–Kier alpha value is -4.69. The topological polar surface area (TPSA) is 111 Å². The highest BCUT2D eigenvalue weighted by atomic mass is 32.2. The number of carbonyl (C=O) groups excluding carboxylic acids is 2. The van der Waals surface area contributed by atoms with E-state index >= 15 is 0 Å². The fourth-order valence-corrected chi connectivity index (χ4v) is 5.70. The summed E-state index contributed by atoms with van der Waals surface area (Å²) in [5.74, 6) is 0.00321. The number of methoxy groups -OCH3 is 1. The van der Waals surface area contributed by atoms with Gasteiger partial charge in [0.1, 0.15) is 12.1 Å². The van der Waals surface area contributed by atoms with Crippen molar-refractivity contribution in [1.82, 2.24) is 14.8 Å². The number of alkyl halides is 3. The maximum absolute atomic E-state index is 13.2. The fourth-order valence-electron chi connectivity index (χ4n) is 4.84. The third kappa shape index (κ3) is 7.40. The molecule has 4 aromatic rings. The molecule has 240 valence electrons. The van der Waals surface area contributed by atoms with E-state index < -0.39 is 12.4 Å². The number of thioether (sulfide) groups is 1. The van der Waals surface area contributed by atoms with Crippen molar-refractivity contribution in [3.05, 3.63) is 83.7 Å². The Morgan fingerprint density at radius 1 is 1.04 bits per heavy atom. The van der Waals surface area contributed by atoms with Crippen LogP contribution in [0.4, 0.5) is 29.3 Å². The number of aryl methyl sites for hydroxylation is 1. The highest BCUT2D eigenvalue weighted by Crippen LogP contribution is 2.35. The van der Waals surface area contributed by atoms with E-state index in [4.69, 9.17) is 4.74 Å². The number of benzene rings is 3. The molecule has 10 nitrogen and oxygen atoms in total. The molecule has 1 atom stereocenters. The van der Waals surface area contributed by atoms with Crippen LogP contribution in [0.3, 0.4) is 0 Å². The van der Waals surface area contributed by atoms with Gasteiger partial charge in [-0.2, -0.15) is 4.99 Å². The summed E-state index contributed by atoms with van der Waals surface area (Å²) in [6, 6.07) is 15.7. The van der Waals surface area contributed by atoms with E-state index in [0.29, 0.717) is 28.5 Å². The van der Waals surface area contributed by atoms with Gasteiger partial charge >= 0.3 is 12.4 Å². The maximum atomic E-state index is 13.2. The molecule has 14 heteroatoms. The molecule has 0 aliphatic carbocycles. The Balaban J connectivity index is 1.36. The number of urea groups is 1. The minimum absolute atomic E-state index is 0.00418. The number of nitrogens with zero attached hydrogens (tertiary/aromatic N) is 5. The maximum Gasteiger partial charge on any atom is 0.573 e. The van der Waals surface area contributed by atoms with Gasteiger partial charge < -0.3 is 14.8 Å². The van der Waals surface area contributed by atoms with Crippen LogP contribution in [0.2, 0.25) is 0 Å². The van der Waals surface area contributed by atoms with Crippen molar-refractivity contribution in [2.45, 2.75) is 46.1 Å². The number of carbonyl (C=O) groups is 2. The standard InChI is InChI=1S/C32H31F3N6O4S/c1-18(2)25-15-21(29-36-17-40(39-29)22-8-10-23(11-9-22)45-32(33,34)35)7-13-26(25)37-30(43)38-31-41(28(42)16-46-31)27-14-19(3)6-12-24(27)20(4)44-5/h6-15,17-18,20H,16H2,1-5H3,(H,37,43)/b38-31-. The zero-order valence-corrected chi connectivity index (χ0v) is 26.4. The molecule has 1 unspecified atom stereocenters. The van der Waals surface area contributed by atoms with E-state index in [0.717, 1.165) is 16.7 Å². The van der Waals surface area contributed by atoms with Gasteiger partial charge in [0.15, 0.2) is 11.0 Å². The first kappa shape index (κ1) is 32.7. The summed E-state index contributed by atoms with van der Waals surface area (Å²) in [5, 5.41) is 7.60. The Morgan fingerprint density at radius 3 is 2.46 bits per heavy atom. The molecule has 5 rings (SSSR count). The van der Waals surface area contributed by atoms with Crippen molar-refractivity contribution >= 4 is 40.2 Å². The third-order valence-corrected chi connectivity index (χ3v) is 8.10. The number of rotatable bonds is 8. The molecule has 0 spiro atoms. The normalized spacial score (nSPS) is 15.1. The van der Waals surface area contributed by atoms with E-state index in [1.807, 2.05) is 52.0 Å². The summed E-state index contributed by atoms with van der Waals surface area (Å²) in [4.78, 5) is 36.3. The number of halogens is 3. The number of anilines is 2. The van der Waals surface area contributed by atoms with Crippen LogP contribution in [-0.4, -0.2) is 51.1 Å². The second kappa shape index (κ2) is 13.3. The first-order valence-electron chi connectivity index (χ1n) is 14.2. The number of hydrogen-bond acceptors (Lipinski definition) is 7. The Morgan fingerprint density at radius 2 is 1.78 bits per heavy atom. The average molecular weight is 653 g/mol. The van der Waals surface area contributed by atoms with Crippen LogP contribution in [0, 0.1) is 6.92 Å². The molecular weight excluding hydrogens is 621 g/mol. The number of hydrogen-bond donors (Lipinski definition) is 1. The van der Waals surface area contributed by atoms with Gasteiger partial charge in [-0.3, -0.25) is 9.69 Å². The van der Waals surface area contributed by atoms with Crippen LogP contribution in [0.15, 0.2) is 72.0 Å². The molecular formula is C32H31F3N6O4S. The predicted molar refractivity (Wildman–Crippen MR) is 171 cm³/mol. The lowest BCUT2D eigenvalue weighted by atomic mass is 9.98. The number of aliphatic imine (C=N–C) groups is 1. The number of nitrogens with one attached hydrogen (secondary N) is 1. The molecule has 1 saturated heterocycles.